The summed E-state index contributed by atoms with van der Waals surface area (Å²) >= 11 is 0. The fraction of sp³-hybridized carbons (Fsp3) is 0.234. The minimum absolute atomic E-state index is 0.166. The molecule has 0 aliphatic carbocycles. The highest BCUT2D eigenvalue weighted by Crippen LogP contribution is 2.47. The summed E-state index contributed by atoms with van der Waals surface area (Å²) in [5.74, 6) is 15.1. The van der Waals surface area contributed by atoms with Crippen LogP contribution in [0.3, 0.4) is 0 Å². The summed E-state index contributed by atoms with van der Waals surface area (Å²) in [6.45, 7) is 4.65. The molecule has 6 aromatic rings. The first-order chi connectivity index (χ1) is 24.2. The Labute approximate surface area is 291 Å². The number of unbranched alkanes of at least 4 members (excludes halogenated alkanes) is 4. The van der Waals surface area contributed by atoms with E-state index in [2.05, 4.69) is 147 Å². The van der Waals surface area contributed by atoms with E-state index in [1.54, 1.807) is 0 Å². The maximum Gasteiger partial charge on any atom is 0.230 e. The van der Waals surface area contributed by atoms with Crippen molar-refractivity contribution in [2.45, 2.75) is 65.2 Å². The SMILES string of the molecule is CCCCCc1ccc(C#Cc2ccc3c4c(ccc3c2)OCOc2ccc3cc(C#Cc5ccc(CCCCC)cc5)ccc3c2-4)cc1. The van der Waals surface area contributed by atoms with E-state index in [0.29, 0.717) is 0 Å². The minimum Gasteiger partial charge on any atom is -0.457 e. The molecule has 0 radical (unpaired) electrons. The Hall–Kier alpha value is -5.44. The maximum atomic E-state index is 6.14. The normalized spacial score (nSPS) is 11.6. The lowest BCUT2D eigenvalue weighted by molar-refractivity contribution is 0.125. The van der Waals surface area contributed by atoms with E-state index in [0.717, 1.165) is 79.3 Å². The topological polar surface area (TPSA) is 18.5 Å². The zero-order valence-corrected chi connectivity index (χ0v) is 28.6. The molecule has 0 spiro atoms. The van der Waals surface area contributed by atoms with Gasteiger partial charge in [0.2, 0.25) is 6.79 Å². The van der Waals surface area contributed by atoms with Crippen LogP contribution in [0, 0.1) is 23.7 Å². The zero-order chi connectivity index (χ0) is 33.4. The van der Waals surface area contributed by atoms with Crippen molar-refractivity contribution in [1.29, 1.82) is 0 Å². The van der Waals surface area contributed by atoms with Gasteiger partial charge in [-0.25, -0.2) is 0 Å². The van der Waals surface area contributed by atoms with Gasteiger partial charge in [-0.2, -0.15) is 0 Å². The molecule has 6 aromatic carbocycles. The van der Waals surface area contributed by atoms with Crippen molar-refractivity contribution >= 4 is 21.5 Å². The van der Waals surface area contributed by atoms with Crippen LogP contribution in [0.2, 0.25) is 0 Å². The number of aryl methyl sites for hydroxylation is 2. The third-order valence-electron chi connectivity index (χ3n) is 9.39. The van der Waals surface area contributed by atoms with Crippen LogP contribution in [0.15, 0.2) is 109 Å². The molecule has 242 valence electrons. The third-order valence-corrected chi connectivity index (χ3v) is 9.39. The van der Waals surface area contributed by atoms with Gasteiger partial charge in [-0.15, -0.1) is 0 Å². The molecular formula is C47H42O2. The van der Waals surface area contributed by atoms with Crippen molar-refractivity contribution < 1.29 is 9.47 Å². The average Bonchev–Trinajstić information content (AvgIpc) is 3.34. The molecule has 0 atom stereocenters. The average molecular weight is 639 g/mol. The highest BCUT2D eigenvalue weighted by atomic mass is 16.7. The highest BCUT2D eigenvalue weighted by Gasteiger charge is 2.22. The lowest BCUT2D eigenvalue weighted by atomic mass is 9.91. The van der Waals surface area contributed by atoms with Crippen LogP contribution in [0.25, 0.3) is 32.7 Å². The summed E-state index contributed by atoms with van der Waals surface area (Å²) in [5.41, 5.74) is 8.90. The third kappa shape index (κ3) is 7.51. The van der Waals surface area contributed by atoms with Crippen LogP contribution in [-0.4, -0.2) is 6.79 Å². The van der Waals surface area contributed by atoms with Crippen molar-refractivity contribution in [3.8, 4) is 46.3 Å². The Morgan fingerprint density at radius 2 is 0.857 bits per heavy atom. The summed E-state index contributed by atoms with van der Waals surface area (Å²) in [6.07, 6.45) is 9.79. The first-order valence-electron chi connectivity index (χ1n) is 17.8. The second kappa shape index (κ2) is 15.2. The number of hydrogen-bond acceptors (Lipinski definition) is 2. The van der Waals surface area contributed by atoms with Gasteiger partial charge < -0.3 is 9.47 Å². The predicted molar refractivity (Wildman–Crippen MR) is 204 cm³/mol. The van der Waals surface area contributed by atoms with E-state index in [1.807, 2.05) is 0 Å². The second-order valence-corrected chi connectivity index (χ2v) is 13.0. The van der Waals surface area contributed by atoms with E-state index in [4.69, 9.17) is 9.47 Å². The van der Waals surface area contributed by atoms with E-state index >= 15 is 0 Å². The summed E-state index contributed by atoms with van der Waals surface area (Å²) < 4.78 is 12.3. The van der Waals surface area contributed by atoms with Gasteiger partial charge in [0, 0.05) is 33.4 Å². The molecule has 0 aromatic heterocycles. The van der Waals surface area contributed by atoms with Crippen molar-refractivity contribution in [1.82, 2.24) is 0 Å². The van der Waals surface area contributed by atoms with Crippen LogP contribution in [0.1, 0.15) is 85.8 Å². The van der Waals surface area contributed by atoms with Crippen molar-refractivity contribution in [2.24, 2.45) is 0 Å². The first-order valence-corrected chi connectivity index (χ1v) is 17.8. The molecule has 49 heavy (non-hydrogen) atoms. The molecule has 1 aliphatic heterocycles. The smallest absolute Gasteiger partial charge is 0.230 e. The molecular weight excluding hydrogens is 597 g/mol. The van der Waals surface area contributed by atoms with Gasteiger partial charge in [0.15, 0.2) is 0 Å². The molecule has 1 aliphatic rings. The fourth-order valence-electron chi connectivity index (χ4n) is 6.64. The van der Waals surface area contributed by atoms with Crippen molar-refractivity contribution in [3.05, 3.63) is 143 Å². The van der Waals surface area contributed by atoms with Crippen LogP contribution in [-0.2, 0) is 12.8 Å². The van der Waals surface area contributed by atoms with E-state index in [1.165, 1.54) is 49.7 Å². The Balaban J connectivity index is 1.18. The lowest BCUT2D eigenvalue weighted by Crippen LogP contribution is -2.03. The molecule has 0 bridgehead atoms. The predicted octanol–water partition coefficient (Wildman–Crippen LogP) is 11.7. The quantitative estimate of drug-likeness (QED) is 0.122. The Bertz CT molecular complexity index is 2060. The van der Waals surface area contributed by atoms with Crippen LogP contribution in [0.4, 0.5) is 0 Å². The molecule has 7 rings (SSSR count). The molecule has 0 fully saturated rings. The summed E-state index contributed by atoms with van der Waals surface area (Å²) in [7, 11) is 0. The Morgan fingerprint density at radius 3 is 1.29 bits per heavy atom. The van der Waals surface area contributed by atoms with E-state index in [-0.39, 0.29) is 6.79 Å². The van der Waals surface area contributed by atoms with Crippen LogP contribution < -0.4 is 9.47 Å². The second-order valence-electron chi connectivity index (χ2n) is 13.0. The van der Waals surface area contributed by atoms with Gasteiger partial charge in [-0.1, -0.05) is 112 Å². The van der Waals surface area contributed by atoms with E-state index in [9.17, 15) is 0 Å². The zero-order valence-electron chi connectivity index (χ0n) is 28.6. The minimum atomic E-state index is 0.166. The van der Waals surface area contributed by atoms with Crippen LogP contribution in [0.5, 0.6) is 11.5 Å². The molecule has 2 nitrogen and oxygen atoms in total. The van der Waals surface area contributed by atoms with Gasteiger partial charge in [0.05, 0.1) is 0 Å². The van der Waals surface area contributed by atoms with Crippen molar-refractivity contribution in [2.75, 3.05) is 6.79 Å². The number of ether oxygens (including phenoxy) is 2. The molecule has 0 amide bonds. The van der Waals surface area contributed by atoms with Crippen LogP contribution >= 0.6 is 0 Å². The Morgan fingerprint density at radius 1 is 0.449 bits per heavy atom. The molecule has 0 unspecified atom stereocenters. The molecule has 0 saturated carbocycles. The van der Waals surface area contributed by atoms with E-state index < -0.39 is 0 Å². The number of fused-ring (bicyclic) bond motifs is 7. The maximum absolute atomic E-state index is 6.14. The number of benzene rings is 6. The Kier molecular flexibility index (Phi) is 9.96. The van der Waals surface area contributed by atoms with Gasteiger partial charge in [-0.3, -0.25) is 0 Å². The summed E-state index contributed by atoms with van der Waals surface area (Å²) in [4.78, 5) is 0. The number of rotatable bonds is 8. The summed E-state index contributed by atoms with van der Waals surface area (Å²) in [5, 5.41) is 4.45. The first kappa shape index (κ1) is 32.1. The highest BCUT2D eigenvalue weighted by molar-refractivity contribution is 6.10. The monoisotopic (exact) mass is 638 g/mol. The van der Waals surface area contributed by atoms with Gasteiger partial charge in [-0.05, 0) is 119 Å². The van der Waals surface area contributed by atoms with Crippen molar-refractivity contribution in [3.63, 3.8) is 0 Å². The van der Waals surface area contributed by atoms with Gasteiger partial charge in [0.1, 0.15) is 11.5 Å². The number of hydrogen-bond donors (Lipinski definition) is 0. The van der Waals surface area contributed by atoms with Gasteiger partial charge >= 0.3 is 0 Å². The largest absolute Gasteiger partial charge is 0.457 e. The molecule has 1 heterocycles. The lowest BCUT2D eigenvalue weighted by Gasteiger charge is -2.14. The van der Waals surface area contributed by atoms with Gasteiger partial charge in [0.25, 0.3) is 0 Å². The standard InChI is InChI=1S/C47H42O2/c1-3-5-7-9-34-11-15-36(16-12-34)19-21-38-23-27-42-40(31-38)25-29-44-46(42)47-43-28-24-39(32-41(43)26-30-45(47)49-33-48-44)22-20-37-17-13-35(14-18-37)10-8-6-4-2/h11-18,23-32H,3-10,33H2,1-2H3. The summed E-state index contributed by atoms with van der Waals surface area (Å²) in [6, 6.07) is 38.6. The fourth-order valence-corrected chi connectivity index (χ4v) is 6.64. The molecule has 0 N–H and O–H groups in total. The molecule has 2 heteroatoms. The molecule has 0 saturated heterocycles.